The maximum atomic E-state index is 11.8. The molecule has 18 heavy (non-hydrogen) atoms. The molecule has 1 aliphatic heterocycles. The van der Waals surface area contributed by atoms with E-state index in [1.165, 1.54) is 14.2 Å². The Kier molecular flexibility index (Phi) is 6.00. The lowest BCUT2D eigenvalue weighted by Crippen LogP contribution is -2.41. The molecule has 0 bridgehead atoms. The topological polar surface area (TPSA) is 84.9 Å². The number of hydrogen-bond acceptors (Lipinski definition) is 5. The van der Waals surface area contributed by atoms with Crippen LogP contribution in [0.3, 0.4) is 0 Å². The number of nitrogens with zero attached hydrogens (tertiary/aromatic N) is 1. The summed E-state index contributed by atoms with van der Waals surface area (Å²) in [7, 11) is -0.832. The van der Waals surface area contributed by atoms with E-state index in [4.69, 9.17) is 4.74 Å². The molecule has 106 valence electrons. The Labute approximate surface area is 108 Å². The predicted molar refractivity (Wildman–Crippen MR) is 65.1 cm³/mol. The van der Waals surface area contributed by atoms with Crippen LogP contribution in [0.2, 0.25) is 0 Å². The van der Waals surface area contributed by atoms with E-state index in [9.17, 15) is 13.2 Å². The first kappa shape index (κ1) is 15.4. The first-order chi connectivity index (χ1) is 8.45. The molecule has 1 saturated heterocycles. The van der Waals surface area contributed by atoms with Gasteiger partial charge in [-0.3, -0.25) is 4.79 Å². The van der Waals surface area contributed by atoms with E-state index in [0.717, 1.165) is 10.7 Å². The second kappa shape index (κ2) is 7.03. The van der Waals surface area contributed by atoms with Crippen LogP contribution in [0.4, 0.5) is 0 Å². The SMILES string of the molecule is COC(=O)CCN(C)S(=O)(=O)NCC1CCOC1. The highest BCUT2D eigenvalue weighted by Gasteiger charge is 2.22. The summed E-state index contributed by atoms with van der Waals surface area (Å²) in [6, 6.07) is 0. The molecule has 1 unspecified atom stereocenters. The van der Waals surface area contributed by atoms with Crippen LogP contribution in [0.5, 0.6) is 0 Å². The van der Waals surface area contributed by atoms with Crippen molar-refractivity contribution in [2.45, 2.75) is 12.8 Å². The highest BCUT2D eigenvalue weighted by atomic mass is 32.2. The molecule has 0 saturated carbocycles. The zero-order valence-corrected chi connectivity index (χ0v) is 11.5. The van der Waals surface area contributed by atoms with Crippen molar-refractivity contribution in [2.75, 3.05) is 40.5 Å². The highest BCUT2D eigenvalue weighted by Crippen LogP contribution is 2.11. The molecule has 0 aromatic carbocycles. The van der Waals surface area contributed by atoms with Gasteiger partial charge in [0.05, 0.1) is 20.1 Å². The Morgan fingerprint density at radius 1 is 1.56 bits per heavy atom. The van der Waals surface area contributed by atoms with Crippen LogP contribution in [0, 0.1) is 5.92 Å². The molecule has 0 aromatic heterocycles. The highest BCUT2D eigenvalue weighted by molar-refractivity contribution is 7.87. The summed E-state index contributed by atoms with van der Waals surface area (Å²) >= 11 is 0. The fourth-order valence-electron chi connectivity index (χ4n) is 1.55. The molecule has 1 fully saturated rings. The molecular weight excluding hydrogens is 260 g/mol. The third-order valence-corrected chi connectivity index (χ3v) is 4.38. The average Bonchev–Trinajstić information content (AvgIpc) is 2.86. The monoisotopic (exact) mass is 280 g/mol. The minimum atomic E-state index is -3.53. The zero-order chi connectivity index (χ0) is 13.6. The fraction of sp³-hybridized carbons (Fsp3) is 0.900. The lowest BCUT2D eigenvalue weighted by atomic mass is 10.1. The van der Waals surface area contributed by atoms with Crippen molar-refractivity contribution in [3.63, 3.8) is 0 Å². The van der Waals surface area contributed by atoms with Gasteiger partial charge in [-0.1, -0.05) is 0 Å². The fourth-order valence-corrected chi connectivity index (χ4v) is 2.55. The van der Waals surface area contributed by atoms with Crippen molar-refractivity contribution in [3.8, 4) is 0 Å². The molecule has 7 nitrogen and oxygen atoms in total. The lowest BCUT2D eigenvalue weighted by molar-refractivity contribution is -0.140. The van der Waals surface area contributed by atoms with Gasteiger partial charge in [0, 0.05) is 26.7 Å². The Morgan fingerprint density at radius 2 is 2.28 bits per heavy atom. The van der Waals surface area contributed by atoms with Crippen molar-refractivity contribution < 1.29 is 22.7 Å². The van der Waals surface area contributed by atoms with Gasteiger partial charge in [0.25, 0.3) is 10.2 Å². The minimum absolute atomic E-state index is 0.0421. The van der Waals surface area contributed by atoms with Gasteiger partial charge in [-0.2, -0.15) is 12.7 Å². The Bertz CT molecular complexity index is 364. The Hall–Kier alpha value is -0.700. The standard InChI is InChI=1S/C10H20N2O5S/c1-12(5-3-10(13)16-2)18(14,15)11-7-9-4-6-17-8-9/h9,11H,3-8H2,1-2H3. The van der Waals surface area contributed by atoms with Crippen molar-refractivity contribution in [1.29, 1.82) is 0 Å². The van der Waals surface area contributed by atoms with Crippen LogP contribution in [0.25, 0.3) is 0 Å². The van der Waals surface area contributed by atoms with E-state index in [2.05, 4.69) is 9.46 Å². The van der Waals surface area contributed by atoms with E-state index in [-0.39, 0.29) is 18.9 Å². The van der Waals surface area contributed by atoms with Gasteiger partial charge in [-0.25, -0.2) is 4.72 Å². The summed E-state index contributed by atoms with van der Waals surface area (Å²) in [5, 5.41) is 0. The predicted octanol–water partition coefficient (Wildman–Crippen LogP) is -0.648. The number of carbonyl (C=O) groups excluding carboxylic acids is 1. The van der Waals surface area contributed by atoms with Gasteiger partial charge >= 0.3 is 5.97 Å². The molecule has 0 spiro atoms. The molecular formula is C10H20N2O5S. The Balaban J connectivity index is 2.34. The summed E-state index contributed by atoms with van der Waals surface area (Å²) in [5.41, 5.74) is 0. The van der Waals surface area contributed by atoms with Crippen LogP contribution < -0.4 is 4.72 Å². The second-order valence-electron chi connectivity index (χ2n) is 4.23. The summed E-state index contributed by atoms with van der Waals surface area (Å²) in [5.74, 6) is -0.199. The van der Waals surface area contributed by atoms with Gasteiger partial charge in [0.1, 0.15) is 0 Å². The first-order valence-corrected chi connectivity index (χ1v) is 7.25. The smallest absolute Gasteiger partial charge is 0.306 e. The van der Waals surface area contributed by atoms with Gasteiger partial charge in [-0.05, 0) is 12.3 Å². The van der Waals surface area contributed by atoms with Gasteiger partial charge in [0.2, 0.25) is 0 Å². The van der Waals surface area contributed by atoms with Crippen molar-refractivity contribution in [3.05, 3.63) is 0 Å². The molecule has 1 aliphatic rings. The minimum Gasteiger partial charge on any atom is -0.469 e. The van der Waals surface area contributed by atoms with Crippen LogP contribution in [-0.4, -0.2) is 59.2 Å². The number of esters is 1. The number of ether oxygens (including phenoxy) is 2. The van der Waals surface area contributed by atoms with E-state index >= 15 is 0 Å². The summed E-state index contributed by atoms with van der Waals surface area (Å²) in [6.45, 7) is 1.74. The number of methoxy groups -OCH3 is 1. The molecule has 8 heteroatoms. The van der Waals surface area contributed by atoms with Crippen LogP contribution in [-0.2, 0) is 24.5 Å². The molecule has 0 amide bonds. The number of carbonyl (C=O) groups is 1. The first-order valence-electron chi connectivity index (χ1n) is 5.81. The van der Waals surface area contributed by atoms with Gasteiger partial charge in [-0.15, -0.1) is 0 Å². The molecule has 0 radical (unpaired) electrons. The summed E-state index contributed by atoms with van der Waals surface area (Å²) in [6.07, 6.45) is 0.912. The van der Waals surface area contributed by atoms with E-state index in [1.807, 2.05) is 0 Å². The maximum Gasteiger partial charge on any atom is 0.306 e. The summed E-state index contributed by atoms with van der Waals surface area (Å²) < 4.78 is 36.9. The molecule has 0 aliphatic carbocycles. The van der Waals surface area contributed by atoms with Crippen LogP contribution in [0.15, 0.2) is 0 Å². The van der Waals surface area contributed by atoms with E-state index < -0.39 is 16.2 Å². The largest absolute Gasteiger partial charge is 0.469 e. The average molecular weight is 280 g/mol. The second-order valence-corrected chi connectivity index (χ2v) is 6.09. The molecule has 1 N–H and O–H groups in total. The third kappa shape index (κ3) is 4.89. The number of nitrogens with one attached hydrogen (secondary N) is 1. The maximum absolute atomic E-state index is 11.8. The quantitative estimate of drug-likeness (QED) is 0.627. The Morgan fingerprint density at radius 3 is 2.83 bits per heavy atom. The number of rotatable bonds is 7. The molecule has 1 atom stereocenters. The lowest BCUT2D eigenvalue weighted by Gasteiger charge is -2.18. The van der Waals surface area contributed by atoms with E-state index in [0.29, 0.717) is 19.8 Å². The van der Waals surface area contributed by atoms with Crippen molar-refractivity contribution >= 4 is 16.2 Å². The normalized spacial score (nSPS) is 20.3. The van der Waals surface area contributed by atoms with Gasteiger partial charge in [0.15, 0.2) is 0 Å². The third-order valence-electron chi connectivity index (χ3n) is 2.85. The van der Waals surface area contributed by atoms with E-state index in [1.54, 1.807) is 0 Å². The molecule has 0 aromatic rings. The van der Waals surface area contributed by atoms with Gasteiger partial charge < -0.3 is 9.47 Å². The summed E-state index contributed by atoms with van der Waals surface area (Å²) in [4.78, 5) is 10.9. The zero-order valence-electron chi connectivity index (χ0n) is 10.7. The molecule has 1 heterocycles. The molecule has 1 rings (SSSR count). The van der Waals surface area contributed by atoms with Crippen LogP contribution >= 0.6 is 0 Å². The van der Waals surface area contributed by atoms with Crippen molar-refractivity contribution in [1.82, 2.24) is 9.03 Å². The van der Waals surface area contributed by atoms with Crippen LogP contribution in [0.1, 0.15) is 12.8 Å². The van der Waals surface area contributed by atoms with Crippen molar-refractivity contribution in [2.24, 2.45) is 5.92 Å². The number of hydrogen-bond donors (Lipinski definition) is 1.